The Morgan fingerprint density at radius 3 is 2.55 bits per heavy atom. The van der Waals surface area contributed by atoms with Crippen molar-refractivity contribution in [2.75, 3.05) is 13.6 Å². The zero-order valence-corrected chi connectivity index (χ0v) is 14.6. The highest BCUT2D eigenvalue weighted by molar-refractivity contribution is 6.31. The first kappa shape index (κ1) is 16.9. The van der Waals surface area contributed by atoms with Crippen molar-refractivity contribution in [1.29, 1.82) is 0 Å². The summed E-state index contributed by atoms with van der Waals surface area (Å²) in [7, 11) is 1.99. The van der Waals surface area contributed by atoms with Crippen LogP contribution >= 0.6 is 23.2 Å². The van der Waals surface area contributed by atoms with Crippen molar-refractivity contribution in [2.45, 2.75) is 20.3 Å². The van der Waals surface area contributed by atoms with Crippen LogP contribution in [0, 0.1) is 6.92 Å². The van der Waals surface area contributed by atoms with Crippen LogP contribution in [0.2, 0.25) is 10.0 Å². The van der Waals surface area contributed by atoms with E-state index in [9.17, 15) is 0 Å². The molecule has 0 N–H and O–H groups in total. The summed E-state index contributed by atoms with van der Waals surface area (Å²) in [6.07, 6.45) is 2.58. The van der Waals surface area contributed by atoms with Gasteiger partial charge in [0, 0.05) is 23.6 Å². The largest absolute Gasteiger partial charge is 0.366 e. The van der Waals surface area contributed by atoms with E-state index in [1.54, 1.807) is 0 Å². The minimum absolute atomic E-state index is 0.693. The molecule has 0 atom stereocenters. The fourth-order valence-electron chi connectivity index (χ4n) is 2.13. The summed E-state index contributed by atoms with van der Waals surface area (Å²) in [6, 6.07) is 11.8. The molecular weight excluding hydrogens is 315 g/mol. The van der Waals surface area contributed by atoms with E-state index in [1.807, 2.05) is 54.7 Å². The SMILES string of the molecule is CCN(C)/C=N\c1cc(Cl)cc(Cc2ccccc2Cl)c1C. The highest BCUT2D eigenvalue weighted by atomic mass is 35.5. The quantitative estimate of drug-likeness (QED) is 0.520. The summed E-state index contributed by atoms with van der Waals surface area (Å²) in [5.74, 6) is 0. The van der Waals surface area contributed by atoms with Gasteiger partial charge in [-0.05, 0) is 55.2 Å². The van der Waals surface area contributed by atoms with Crippen molar-refractivity contribution in [3.63, 3.8) is 0 Å². The molecule has 4 heteroatoms. The molecular formula is C18H20Cl2N2. The summed E-state index contributed by atoms with van der Waals surface area (Å²) in [5.41, 5.74) is 4.27. The predicted molar refractivity (Wildman–Crippen MR) is 96.9 cm³/mol. The van der Waals surface area contributed by atoms with Gasteiger partial charge in [0.05, 0.1) is 12.0 Å². The molecule has 0 heterocycles. The smallest absolute Gasteiger partial charge is 0.0909 e. The number of hydrogen-bond acceptors (Lipinski definition) is 1. The Bertz CT molecular complexity index is 681. The van der Waals surface area contributed by atoms with Gasteiger partial charge >= 0.3 is 0 Å². The summed E-state index contributed by atoms with van der Waals surface area (Å²) in [6.45, 7) is 5.07. The molecule has 116 valence electrons. The van der Waals surface area contributed by atoms with Gasteiger partial charge in [-0.3, -0.25) is 0 Å². The molecule has 0 unspecified atom stereocenters. The lowest BCUT2D eigenvalue weighted by molar-refractivity contribution is 0.552. The first-order chi connectivity index (χ1) is 10.5. The van der Waals surface area contributed by atoms with Crippen molar-refractivity contribution in [3.8, 4) is 0 Å². The van der Waals surface area contributed by atoms with Crippen molar-refractivity contribution < 1.29 is 0 Å². The van der Waals surface area contributed by atoms with Gasteiger partial charge in [-0.15, -0.1) is 0 Å². The Balaban J connectivity index is 2.35. The Labute approximate surface area is 142 Å². The summed E-state index contributed by atoms with van der Waals surface area (Å²) < 4.78 is 0. The molecule has 0 saturated heterocycles. The molecule has 2 nitrogen and oxygen atoms in total. The molecule has 0 aliphatic heterocycles. The zero-order valence-electron chi connectivity index (χ0n) is 13.1. The zero-order chi connectivity index (χ0) is 16.1. The second-order valence-corrected chi connectivity index (χ2v) is 6.14. The minimum Gasteiger partial charge on any atom is -0.366 e. The fourth-order valence-corrected chi connectivity index (χ4v) is 2.56. The van der Waals surface area contributed by atoms with Crippen LogP contribution in [0.25, 0.3) is 0 Å². The van der Waals surface area contributed by atoms with E-state index in [1.165, 1.54) is 0 Å². The molecule has 0 aromatic heterocycles. The maximum atomic E-state index is 6.26. The van der Waals surface area contributed by atoms with Gasteiger partial charge < -0.3 is 4.90 Å². The van der Waals surface area contributed by atoms with Crippen LogP contribution < -0.4 is 0 Å². The second kappa shape index (κ2) is 7.66. The Kier molecular flexibility index (Phi) is 5.87. The standard InChI is InChI=1S/C18H20Cl2N2/c1-4-22(3)12-21-18-11-16(19)10-15(13(18)2)9-14-7-5-6-8-17(14)20/h5-8,10-12H,4,9H2,1-3H3/b21-12-. The molecule has 0 aliphatic carbocycles. The van der Waals surface area contributed by atoms with Crippen LogP contribution in [0.5, 0.6) is 0 Å². The highest BCUT2D eigenvalue weighted by Crippen LogP contribution is 2.30. The van der Waals surface area contributed by atoms with Crippen molar-refractivity contribution in [1.82, 2.24) is 4.90 Å². The molecule has 0 spiro atoms. The predicted octanol–water partition coefficient (Wildman–Crippen LogP) is 5.50. The van der Waals surface area contributed by atoms with Gasteiger partial charge in [0.15, 0.2) is 0 Å². The Hall–Kier alpha value is -1.51. The van der Waals surface area contributed by atoms with E-state index < -0.39 is 0 Å². The van der Waals surface area contributed by atoms with E-state index >= 15 is 0 Å². The van der Waals surface area contributed by atoms with E-state index in [-0.39, 0.29) is 0 Å². The molecule has 0 aliphatic rings. The lowest BCUT2D eigenvalue weighted by Gasteiger charge is -2.12. The van der Waals surface area contributed by atoms with Crippen LogP contribution in [0.15, 0.2) is 41.4 Å². The summed E-state index contributed by atoms with van der Waals surface area (Å²) >= 11 is 12.5. The number of aliphatic imine (C=N–C) groups is 1. The van der Waals surface area contributed by atoms with Crippen LogP contribution in [0.4, 0.5) is 5.69 Å². The van der Waals surface area contributed by atoms with E-state index in [2.05, 4.69) is 18.8 Å². The number of halogens is 2. The van der Waals surface area contributed by atoms with Gasteiger partial charge in [0.2, 0.25) is 0 Å². The molecule has 0 amide bonds. The third kappa shape index (κ3) is 4.25. The molecule has 22 heavy (non-hydrogen) atoms. The first-order valence-corrected chi connectivity index (χ1v) is 8.03. The van der Waals surface area contributed by atoms with E-state index in [0.29, 0.717) is 5.02 Å². The van der Waals surface area contributed by atoms with Gasteiger partial charge in [0.25, 0.3) is 0 Å². The van der Waals surface area contributed by atoms with Crippen molar-refractivity contribution in [2.24, 2.45) is 4.99 Å². The lowest BCUT2D eigenvalue weighted by Crippen LogP contribution is -2.14. The van der Waals surface area contributed by atoms with E-state index in [0.717, 1.165) is 40.4 Å². The van der Waals surface area contributed by atoms with Crippen LogP contribution in [0.3, 0.4) is 0 Å². The highest BCUT2D eigenvalue weighted by Gasteiger charge is 2.09. The third-order valence-electron chi connectivity index (χ3n) is 3.68. The molecule has 0 radical (unpaired) electrons. The number of benzene rings is 2. The Morgan fingerprint density at radius 1 is 1.14 bits per heavy atom. The molecule has 0 fully saturated rings. The lowest BCUT2D eigenvalue weighted by atomic mass is 9.99. The van der Waals surface area contributed by atoms with Gasteiger partial charge in [-0.2, -0.15) is 0 Å². The molecule has 2 aromatic rings. The topological polar surface area (TPSA) is 15.6 Å². The van der Waals surface area contributed by atoms with Gasteiger partial charge in [-0.25, -0.2) is 4.99 Å². The monoisotopic (exact) mass is 334 g/mol. The number of hydrogen-bond donors (Lipinski definition) is 0. The van der Waals surface area contributed by atoms with Crippen LogP contribution in [-0.2, 0) is 6.42 Å². The fraction of sp³-hybridized carbons (Fsp3) is 0.278. The number of nitrogens with zero attached hydrogens (tertiary/aromatic N) is 2. The maximum Gasteiger partial charge on any atom is 0.0909 e. The van der Waals surface area contributed by atoms with Crippen molar-refractivity contribution >= 4 is 35.2 Å². The second-order valence-electron chi connectivity index (χ2n) is 5.30. The minimum atomic E-state index is 0.693. The summed E-state index contributed by atoms with van der Waals surface area (Å²) in [4.78, 5) is 6.57. The summed E-state index contributed by atoms with van der Waals surface area (Å²) in [5, 5.41) is 1.47. The van der Waals surface area contributed by atoms with E-state index in [4.69, 9.17) is 23.2 Å². The van der Waals surface area contributed by atoms with Crippen molar-refractivity contribution in [3.05, 3.63) is 63.1 Å². The molecule has 2 rings (SSSR count). The van der Waals surface area contributed by atoms with Gasteiger partial charge in [-0.1, -0.05) is 41.4 Å². The average Bonchev–Trinajstić information content (AvgIpc) is 2.50. The average molecular weight is 335 g/mol. The Morgan fingerprint density at radius 2 is 1.86 bits per heavy atom. The first-order valence-electron chi connectivity index (χ1n) is 7.28. The molecule has 0 saturated carbocycles. The molecule has 0 bridgehead atoms. The third-order valence-corrected chi connectivity index (χ3v) is 4.27. The number of rotatable bonds is 5. The maximum absolute atomic E-state index is 6.26. The molecule has 2 aromatic carbocycles. The van der Waals surface area contributed by atoms with Crippen LogP contribution in [-0.4, -0.2) is 24.8 Å². The normalized spacial score (nSPS) is 11.1. The van der Waals surface area contributed by atoms with Crippen LogP contribution in [0.1, 0.15) is 23.6 Å². The van der Waals surface area contributed by atoms with Gasteiger partial charge in [0.1, 0.15) is 0 Å².